The van der Waals surface area contributed by atoms with Gasteiger partial charge in [-0.25, -0.2) is 14.4 Å². The minimum atomic E-state index is -1.21. The molecule has 0 aromatic rings. The van der Waals surface area contributed by atoms with E-state index >= 15 is 0 Å². The van der Waals surface area contributed by atoms with Gasteiger partial charge >= 0.3 is 18.2 Å². The molecule has 7 heteroatoms. The lowest BCUT2D eigenvalue weighted by Crippen LogP contribution is -2.52. The lowest BCUT2D eigenvalue weighted by Gasteiger charge is -2.31. The third-order valence-electron chi connectivity index (χ3n) is 3.07. The number of carbonyl (C=O) groups excluding carboxylic acids is 3. The molecule has 7 nitrogen and oxygen atoms in total. The van der Waals surface area contributed by atoms with Gasteiger partial charge < -0.3 is 14.2 Å². The molecule has 0 heterocycles. The highest BCUT2D eigenvalue weighted by Crippen LogP contribution is 2.19. The third kappa shape index (κ3) is 10.7. The second kappa shape index (κ2) is 10.9. The van der Waals surface area contributed by atoms with Crippen molar-refractivity contribution in [3.8, 4) is 0 Å². The zero-order valence-corrected chi connectivity index (χ0v) is 18.6. The first-order valence-electron chi connectivity index (χ1n) is 9.34. The summed E-state index contributed by atoms with van der Waals surface area (Å²) < 4.78 is 15.4. The molecule has 1 atom stereocenters. The molecule has 0 unspecified atom stereocenters. The molecule has 0 bridgehead atoms. The molecular weight excluding hydrogens is 362 g/mol. The van der Waals surface area contributed by atoms with Crippen molar-refractivity contribution in [3.05, 3.63) is 24.3 Å². The van der Waals surface area contributed by atoms with E-state index in [1.165, 1.54) is 7.11 Å². The SMILES string of the molecule is COC(=O)[C@H](C/C=C/C=C/C(C)C)N(C(=O)OC(C)(C)C)C(=O)OC(C)(C)C. The van der Waals surface area contributed by atoms with Crippen LogP contribution in [0.1, 0.15) is 61.8 Å². The summed E-state index contributed by atoms with van der Waals surface area (Å²) in [6.45, 7) is 14.1. The second-order valence-corrected chi connectivity index (χ2v) is 8.66. The fourth-order valence-electron chi connectivity index (χ4n) is 1.97. The summed E-state index contributed by atoms with van der Waals surface area (Å²) >= 11 is 0. The number of hydrogen-bond acceptors (Lipinski definition) is 6. The average Bonchev–Trinajstić information content (AvgIpc) is 2.48. The Kier molecular flexibility index (Phi) is 9.98. The first kappa shape index (κ1) is 25.7. The zero-order chi connectivity index (χ0) is 22.1. The molecule has 0 spiro atoms. The van der Waals surface area contributed by atoms with E-state index in [1.807, 2.05) is 26.0 Å². The van der Waals surface area contributed by atoms with Crippen LogP contribution in [0.3, 0.4) is 0 Å². The van der Waals surface area contributed by atoms with Crippen LogP contribution in [0, 0.1) is 5.92 Å². The van der Waals surface area contributed by atoms with Crippen molar-refractivity contribution in [1.29, 1.82) is 0 Å². The largest absolute Gasteiger partial charge is 0.467 e. The van der Waals surface area contributed by atoms with Crippen LogP contribution in [0.4, 0.5) is 9.59 Å². The molecule has 0 aromatic carbocycles. The zero-order valence-electron chi connectivity index (χ0n) is 18.6. The summed E-state index contributed by atoms with van der Waals surface area (Å²) in [5, 5.41) is 0. The maximum atomic E-state index is 12.7. The Morgan fingerprint density at radius 1 is 0.893 bits per heavy atom. The maximum absolute atomic E-state index is 12.7. The van der Waals surface area contributed by atoms with Crippen molar-refractivity contribution in [2.75, 3.05) is 7.11 Å². The van der Waals surface area contributed by atoms with Gasteiger partial charge in [-0.1, -0.05) is 38.2 Å². The van der Waals surface area contributed by atoms with Gasteiger partial charge in [-0.3, -0.25) is 0 Å². The monoisotopic (exact) mass is 397 g/mol. The summed E-state index contributed by atoms with van der Waals surface area (Å²) in [7, 11) is 1.19. The van der Waals surface area contributed by atoms with Crippen LogP contribution in [0.5, 0.6) is 0 Å². The van der Waals surface area contributed by atoms with Gasteiger partial charge in [-0.15, -0.1) is 0 Å². The highest BCUT2D eigenvalue weighted by atomic mass is 16.6. The molecule has 2 amide bonds. The average molecular weight is 398 g/mol. The molecule has 160 valence electrons. The van der Waals surface area contributed by atoms with Crippen molar-refractivity contribution in [1.82, 2.24) is 4.90 Å². The van der Waals surface area contributed by atoms with E-state index in [9.17, 15) is 14.4 Å². The fourth-order valence-corrected chi connectivity index (χ4v) is 1.97. The number of imide groups is 1. The van der Waals surface area contributed by atoms with Crippen LogP contribution >= 0.6 is 0 Å². The second-order valence-electron chi connectivity index (χ2n) is 8.66. The van der Waals surface area contributed by atoms with E-state index in [-0.39, 0.29) is 6.42 Å². The molecule has 0 aliphatic carbocycles. The smallest absolute Gasteiger partial charge is 0.420 e. The third-order valence-corrected chi connectivity index (χ3v) is 3.07. The molecule has 0 saturated carbocycles. The van der Waals surface area contributed by atoms with Gasteiger partial charge in [0.25, 0.3) is 0 Å². The quantitative estimate of drug-likeness (QED) is 0.362. The van der Waals surface area contributed by atoms with Crippen LogP contribution in [0.2, 0.25) is 0 Å². The minimum Gasteiger partial charge on any atom is -0.467 e. The first-order valence-corrected chi connectivity index (χ1v) is 9.34. The number of carbonyl (C=O) groups is 3. The number of allylic oxidation sites excluding steroid dienone is 3. The highest BCUT2D eigenvalue weighted by molar-refractivity contribution is 5.94. The Hall–Kier alpha value is -2.31. The predicted octanol–water partition coefficient (Wildman–Crippen LogP) is 4.86. The van der Waals surface area contributed by atoms with E-state index in [0.717, 1.165) is 0 Å². The Morgan fingerprint density at radius 3 is 1.71 bits per heavy atom. The van der Waals surface area contributed by atoms with E-state index in [4.69, 9.17) is 14.2 Å². The lowest BCUT2D eigenvalue weighted by molar-refractivity contribution is -0.146. The predicted molar refractivity (Wildman–Crippen MR) is 108 cm³/mol. The van der Waals surface area contributed by atoms with E-state index in [0.29, 0.717) is 10.8 Å². The topological polar surface area (TPSA) is 82.1 Å². The van der Waals surface area contributed by atoms with Crippen molar-refractivity contribution in [2.45, 2.75) is 79.1 Å². The van der Waals surface area contributed by atoms with Crippen molar-refractivity contribution in [2.24, 2.45) is 5.92 Å². The van der Waals surface area contributed by atoms with Crippen molar-refractivity contribution < 1.29 is 28.6 Å². The molecule has 0 rings (SSSR count). The van der Waals surface area contributed by atoms with Crippen molar-refractivity contribution in [3.63, 3.8) is 0 Å². The molecule has 0 aliphatic heterocycles. The van der Waals surface area contributed by atoms with Gasteiger partial charge in [-0.2, -0.15) is 4.90 Å². The van der Waals surface area contributed by atoms with Crippen LogP contribution in [-0.4, -0.2) is 47.4 Å². The highest BCUT2D eigenvalue weighted by Gasteiger charge is 2.40. The summed E-state index contributed by atoms with van der Waals surface area (Å²) in [5.74, 6) is -0.365. The van der Waals surface area contributed by atoms with Gasteiger partial charge in [0.1, 0.15) is 17.2 Å². The number of ether oxygens (including phenoxy) is 3. The molecule has 0 saturated heterocycles. The number of methoxy groups -OCH3 is 1. The van der Waals surface area contributed by atoms with Gasteiger partial charge in [0.05, 0.1) is 7.11 Å². The molecule has 0 N–H and O–H groups in total. The van der Waals surface area contributed by atoms with Crippen LogP contribution in [0.25, 0.3) is 0 Å². The summed E-state index contributed by atoms with van der Waals surface area (Å²) in [5.41, 5.74) is -1.71. The minimum absolute atomic E-state index is 0.0631. The van der Waals surface area contributed by atoms with Gasteiger partial charge in [0.2, 0.25) is 0 Å². The van der Waals surface area contributed by atoms with E-state index in [2.05, 4.69) is 0 Å². The van der Waals surface area contributed by atoms with Gasteiger partial charge in [0, 0.05) is 0 Å². The van der Waals surface area contributed by atoms with Crippen LogP contribution in [0.15, 0.2) is 24.3 Å². The number of nitrogens with zero attached hydrogens (tertiary/aromatic N) is 1. The Labute approximate surface area is 168 Å². The van der Waals surface area contributed by atoms with Gasteiger partial charge in [-0.05, 0) is 53.9 Å². The molecule has 0 fully saturated rings. The normalized spacial score (nSPS) is 13.6. The number of amides is 2. The number of rotatable bonds is 6. The molecule has 28 heavy (non-hydrogen) atoms. The van der Waals surface area contributed by atoms with Gasteiger partial charge in [0.15, 0.2) is 0 Å². The standard InChI is InChI=1S/C21H35NO6/c1-15(2)13-11-10-12-14-16(17(23)26-9)22(18(24)27-20(3,4)5)19(25)28-21(6,7)8/h10-13,15-16H,14H2,1-9H3/b12-10+,13-11+/t16-/m0/s1. The molecule has 0 radical (unpaired) electrons. The molecule has 0 aromatic heterocycles. The fraction of sp³-hybridized carbons (Fsp3) is 0.667. The number of hydrogen-bond donors (Lipinski definition) is 0. The lowest BCUT2D eigenvalue weighted by atomic mass is 10.1. The molecular formula is C21H35NO6. The van der Waals surface area contributed by atoms with E-state index < -0.39 is 35.4 Å². The van der Waals surface area contributed by atoms with Crippen molar-refractivity contribution >= 4 is 18.2 Å². The maximum Gasteiger partial charge on any atom is 0.420 e. The Balaban J connectivity index is 5.77. The summed E-state index contributed by atoms with van der Waals surface area (Å²) in [6.07, 6.45) is 5.37. The Bertz CT molecular complexity index is 565. The summed E-state index contributed by atoms with van der Waals surface area (Å²) in [6, 6.07) is -1.21. The summed E-state index contributed by atoms with van der Waals surface area (Å²) in [4.78, 5) is 38.4. The Morgan fingerprint density at radius 2 is 1.36 bits per heavy atom. The first-order chi connectivity index (χ1) is 12.7. The van der Waals surface area contributed by atoms with E-state index in [1.54, 1.807) is 53.7 Å². The van der Waals surface area contributed by atoms with Crippen LogP contribution in [-0.2, 0) is 19.0 Å². The number of esters is 1. The van der Waals surface area contributed by atoms with Crippen LogP contribution < -0.4 is 0 Å². The molecule has 0 aliphatic rings.